The maximum Gasteiger partial charge on any atom is 0.123 e. The van der Waals surface area contributed by atoms with Crippen LogP contribution in [0.2, 0.25) is 10.0 Å². The van der Waals surface area contributed by atoms with Crippen LogP contribution in [0, 0.1) is 5.82 Å². The summed E-state index contributed by atoms with van der Waals surface area (Å²) in [4.78, 5) is 4.78. The summed E-state index contributed by atoms with van der Waals surface area (Å²) < 4.78 is 13.2. The van der Waals surface area contributed by atoms with E-state index in [2.05, 4.69) is 30.0 Å². The molecular weight excluding hydrogens is 382 g/mol. The molecular formula is C22H27Cl2FN2. The van der Waals surface area contributed by atoms with E-state index in [4.69, 9.17) is 23.2 Å². The van der Waals surface area contributed by atoms with Crippen molar-refractivity contribution in [1.82, 2.24) is 9.80 Å². The fraction of sp³-hybridized carbons (Fsp3) is 0.455. The highest BCUT2D eigenvalue weighted by Gasteiger charge is 2.27. The first kappa shape index (κ1) is 20.6. The first-order valence-electron chi connectivity index (χ1n) is 9.53. The van der Waals surface area contributed by atoms with Gasteiger partial charge in [-0.25, -0.2) is 4.39 Å². The molecule has 0 N–H and O–H groups in total. The molecule has 1 aliphatic rings. The van der Waals surface area contributed by atoms with Gasteiger partial charge in [0.2, 0.25) is 0 Å². The number of nitrogens with zero attached hydrogens (tertiary/aromatic N) is 2. The van der Waals surface area contributed by atoms with E-state index in [0.29, 0.717) is 22.0 Å². The number of likely N-dealkylation sites (tertiary alicyclic amines) is 1. The van der Waals surface area contributed by atoms with Crippen LogP contribution in [-0.4, -0.2) is 43.5 Å². The Balaban J connectivity index is 1.71. The molecule has 0 saturated carbocycles. The lowest BCUT2D eigenvalue weighted by molar-refractivity contribution is 0.137. The normalized spacial score (nSPS) is 17.4. The van der Waals surface area contributed by atoms with Crippen molar-refractivity contribution < 1.29 is 4.39 Å². The van der Waals surface area contributed by atoms with E-state index in [0.717, 1.165) is 38.9 Å². The number of piperidine rings is 1. The van der Waals surface area contributed by atoms with Gasteiger partial charge in [0.25, 0.3) is 0 Å². The highest BCUT2D eigenvalue weighted by Crippen LogP contribution is 2.35. The number of hydrogen-bond acceptors (Lipinski definition) is 2. The molecule has 1 atom stereocenters. The summed E-state index contributed by atoms with van der Waals surface area (Å²) in [6.07, 6.45) is 3.23. The first-order chi connectivity index (χ1) is 12.9. The van der Waals surface area contributed by atoms with Crippen molar-refractivity contribution in [1.29, 1.82) is 0 Å². The van der Waals surface area contributed by atoms with Crippen LogP contribution < -0.4 is 0 Å². The second kappa shape index (κ2) is 9.38. The van der Waals surface area contributed by atoms with Crippen molar-refractivity contribution in [2.24, 2.45) is 0 Å². The number of rotatable bonds is 6. The summed E-state index contributed by atoms with van der Waals surface area (Å²) in [6, 6.07) is 13.3. The molecule has 0 aromatic heterocycles. The van der Waals surface area contributed by atoms with Gasteiger partial charge in [-0.2, -0.15) is 0 Å². The van der Waals surface area contributed by atoms with Gasteiger partial charge in [-0.15, -0.1) is 0 Å². The Kier molecular flexibility index (Phi) is 7.16. The Bertz CT molecular complexity index is 740. The molecule has 1 heterocycles. The molecule has 2 aromatic rings. The maximum atomic E-state index is 13.2. The average molecular weight is 409 g/mol. The fourth-order valence-electron chi connectivity index (χ4n) is 3.94. The molecule has 0 radical (unpaired) electrons. The lowest BCUT2D eigenvalue weighted by Gasteiger charge is -2.38. The SMILES string of the molecule is CN(C)CCC(c1ccc(Cl)c(Cl)c1)N1CCC(c2ccc(F)cc2)CC1. The molecule has 0 aliphatic carbocycles. The lowest BCUT2D eigenvalue weighted by Crippen LogP contribution is -2.37. The molecule has 3 rings (SSSR count). The van der Waals surface area contributed by atoms with Crippen LogP contribution in [0.4, 0.5) is 4.39 Å². The fourth-order valence-corrected chi connectivity index (χ4v) is 4.25. The average Bonchev–Trinajstić information content (AvgIpc) is 2.66. The van der Waals surface area contributed by atoms with Crippen LogP contribution in [0.15, 0.2) is 42.5 Å². The Morgan fingerprint density at radius 1 is 1.04 bits per heavy atom. The second-order valence-corrected chi connectivity index (χ2v) is 8.46. The zero-order valence-electron chi connectivity index (χ0n) is 16.0. The molecule has 146 valence electrons. The highest BCUT2D eigenvalue weighted by molar-refractivity contribution is 6.42. The highest BCUT2D eigenvalue weighted by atomic mass is 35.5. The van der Waals surface area contributed by atoms with Gasteiger partial charge >= 0.3 is 0 Å². The van der Waals surface area contributed by atoms with E-state index in [9.17, 15) is 4.39 Å². The molecule has 0 bridgehead atoms. The number of halogens is 3. The van der Waals surface area contributed by atoms with Gasteiger partial charge in [-0.05, 0) is 94.3 Å². The standard InChI is InChI=1S/C22H27Cl2FN2/c1-26(2)12-11-22(18-5-8-20(23)21(24)15-18)27-13-9-17(10-14-27)16-3-6-19(25)7-4-16/h3-8,15,17,22H,9-14H2,1-2H3. The monoisotopic (exact) mass is 408 g/mol. The van der Waals surface area contributed by atoms with Crippen LogP contribution in [-0.2, 0) is 0 Å². The van der Waals surface area contributed by atoms with Gasteiger partial charge in [0.05, 0.1) is 10.0 Å². The molecule has 0 amide bonds. The van der Waals surface area contributed by atoms with Gasteiger partial charge in [-0.1, -0.05) is 41.4 Å². The van der Waals surface area contributed by atoms with E-state index in [-0.39, 0.29) is 5.82 Å². The first-order valence-corrected chi connectivity index (χ1v) is 10.3. The van der Waals surface area contributed by atoms with Crippen molar-refractivity contribution in [2.45, 2.75) is 31.2 Å². The van der Waals surface area contributed by atoms with Gasteiger partial charge in [0.1, 0.15) is 5.82 Å². The molecule has 1 unspecified atom stereocenters. The van der Waals surface area contributed by atoms with Crippen molar-refractivity contribution in [3.05, 3.63) is 69.5 Å². The molecule has 2 nitrogen and oxygen atoms in total. The third-order valence-corrected chi connectivity index (χ3v) is 6.23. The van der Waals surface area contributed by atoms with Gasteiger partial charge in [0, 0.05) is 6.04 Å². The van der Waals surface area contributed by atoms with E-state index >= 15 is 0 Å². The molecule has 5 heteroatoms. The largest absolute Gasteiger partial charge is 0.309 e. The zero-order chi connectivity index (χ0) is 19.4. The summed E-state index contributed by atoms with van der Waals surface area (Å²) in [7, 11) is 4.21. The summed E-state index contributed by atoms with van der Waals surface area (Å²) in [5.41, 5.74) is 2.47. The van der Waals surface area contributed by atoms with Gasteiger partial charge in [-0.3, -0.25) is 4.90 Å². The van der Waals surface area contributed by atoms with Crippen LogP contribution in [0.25, 0.3) is 0 Å². The third-order valence-electron chi connectivity index (χ3n) is 5.49. The maximum absolute atomic E-state index is 13.2. The molecule has 27 heavy (non-hydrogen) atoms. The zero-order valence-corrected chi connectivity index (χ0v) is 17.5. The van der Waals surface area contributed by atoms with E-state index < -0.39 is 0 Å². The topological polar surface area (TPSA) is 6.48 Å². The second-order valence-electron chi connectivity index (χ2n) is 7.64. The predicted octanol–water partition coefficient (Wildman–Crippen LogP) is 6.00. The smallest absolute Gasteiger partial charge is 0.123 e. The van der Waals surface area contributed by atoms with Crippen LogP contribution >= 0.6 is 23.2 Å². The van der Waals surface area contributed by atoms with Crippen LogP contribution in [0.1, 0.15) is 42.3 Å². The molecule has 1 saturated heterocycles. The molecule has 2 aromatic carbocycles. The number of hydrogen-bond donors (Lipinski definition) is 0. The minimum absolute atomic E-state index is 0.167. The molecule has 0 spiro atoms. The van der Waals surface area contributed by atoms with Crippen molar-refractivity contribution in [3.63, 3.8) is 0 Å². The minimum Gasteiger partial charge on any atom is -0.309 e. The molecule has 1 aliphatic heterocycles. The van der Waals surface area contributed by atoms with E-state index in [1.807, 2.05) is 24.3 Å². The summed E-state index contributed by atoms with van der Waals surface area (Å²) >= 11 is 12.4. The third kappa shape index (κ3) is 5.45. The quantitative estimate of drug-likeness (QED) is 0.577. The lowest BCUT2D eigenvalue weighted by atomic mass is 9.88. The van der Waals surface area contributed by atoms with Crippen molar-refractivity contribution in [2.75, 3.05) is 33.7 Å². The van der Waals surface area contributed by atoms with Crippen molar-refractivity contribution >= 4 is 23.2 Å². The van der Waals surface area contributed by atoms with Gasteiger partial charge in [0.15, 0.2) is 0 Å². The van der Waals surface area contributed by atoms with E-state index in [1.165, 1.54) is 11.1 Å². The molecule has 1 fully saturated rings. The Morgan fingerprint density at radius 2 is 1.70 bits per heavy atom. The van der Waals surface area contributed by atoms with Crippen LogP contribution in [0.3, 0.4) is 0 Å². The summed E-state index contributed by atoms with van der Waals surface area (Å²) in [5, 5.41) is 1.21. The van der Waals surface area contributed by atoms with Gasteiger partial charge < -0.3 is 4.90 Å². The number of benzene rings is 2. The van der Waals surface area contributed by atoms with E-state index in [1.54, 1.807) is 12.1 Å². The summed E-state index contributed by atoms with van der Waals surface area (Å²) in [6.45, 7) is 3.07. The minimum atomic E-state index is -0.167. The Morgan fingerprint density at radius 3 is 2.30 bits per heavy atom. The van der Waals surface area contributed by atoms with Crippen LogP contribution in [0.5, 0.6) is 0 Å². The predicted molar refractivity (Wildman–Crippen MR) is 112 cm³/mol. The summed E-state index contributed by atoms with van der Waals surface area (Å²) in [5.74, 6) is 0.338. The van der Waals surface area contributed by atoms with Crippen molar-refractivity contribution in [3.8, 4) is 0 Å². The Labute approximate surface area is 171 Å². The Hall–Kier alpha value is -1.13.